The van der Waals surface area contributed by atoms with E-state index < -0.39 is 6.10 Å². The molecule has 4 nitrogen and oxygen atoms in total. The number of anilines is 1. The number of carbonyl (C=O) groups is 1. The molecular formula is C20H24N2O2S. The minimum absolute atomic E-state index is 0.0903. The lowest BCUT2D eigenvalue weighted by Gasteiger charge is -2.23. The SMILES string of the molecule is C=CCN(C(=O)C(C)Oc1cccc(C)c1)c1nc2c(s1)CCCC2. The number of amides is 1. The van der Waals surface area contributed by atoms with Gasteiger partial charge in [-0.2, -0.15) is 0 Å². The number of rotatable bonds is 6. The van der Waals surface area contributed by atoms with E-state index in [0.29, 0.717) is 12.3 Å². The number of hydrogen-bond acceptors (Lipinski definition) is 4. The fourth-order valence-corrected chi connectivity index (χ4v) is 4.17. The second kappa shape index (κ2) is 7.83. The van der Waals surface area contributed by atoms with E-state index in [9.17, 15) is 4.79 Å². The summed E-state index contributed by atoms with van der Waals surface area (Å²) in [5, 5.41) is 0.761. The van der Waals surface area contributed by atoms with Gasteiger partial charge in [0.1, 0.15) is 5.75 Å². The van der Waals surface area contributed by atoms with E-state index in [4.69, 9.17) is 9.72 Å². The van der Waals surface area contributed by atoms with Crippen molar-refractivity contribution in [3.63, 3.8) is 0 Å². The molecule has 1 aromatic heterocycles. The highest BCUT2D eigenvalue weighted by atomic mass is 32.1. The van der Waals surface area contributed by atoms with Gasteiger partial charge < -0.3 is 4.74 Å². The van der Waals surface area contributed by atoms with E-state index in [2.05, 4.69) is 6.58 Å². The predicted octanol–water partition coefficient (Wildman–Crippen LogP) is 4.32. The molecule has 0 saturated heterocycles. The van der Waals surface area contributed by atoms with Crippen LogP contribution in [0.3, 0.4) is 0 Å². The first-order valence-electron chi connectivity index (χ1n) is 8.72. The molecule has 1 heterocycles. The fourth-order valence-electron chi connectivity index (χ4n) is 3.01. The molecule has 1 aromatic carbocycles. The number of ether oxygens (including phenoxy) is 1. The van der Waals surface area contributed by atoms with Crippen LogP contribution in [0.2, 0.25) is 0 Å². The van der Waals surface area contributed by atoms with Crippen molar-refractivity contribution in [2.24, 2.45) is 0 Å². The van der Waals surface area contributed by atoms with Crippen molar-refractivity contribution in [1.82, 2.24) is 4.98 Å². The molecule has 0 aliphatic heterocycles. The van der Waals surface area contributed by atoms with Crippen LogP contribution in [0.4, 0.5) is 5.13 Å². The predicted molar refractivity (Wildman–Crippen MR) is 103 cm³/mol. The highest BCUT2D eigenvalue weighted by Gasteiger charge is 2.27. The zero-order chi connectivity index (χ0) is 17.8. The first kappa shape index (κ1) is 17.7. The Morgan fingerprint density at radius 1 is 1.44 bits per heavy atom. The van der Waals surface area contributed by atoms with E-state index in [1.807, 2.05) is 31.2 Å². The maximum atomic E-state index is 13.0. The molecular weight excluding hydrogens is 332 g/mol. The third-order valence-electron chi connectivity index (χ3n) is 4.29. The minimum Gasteiger partial charge on any atom is -0.481 e. The Kier molecular flexibility index (Phi) is 5.53. The van der Waals surface area contributed by atoms with Gasteiger partial charge in [-0.1, -0.05) is 18.2 Å². The van der Waals surface area contributed by atoms with Crippen molar-refractivity contribution >= 4 is 22.4 Å². The molecule has 0 bridgehead atoms. The van der Waals surface area contributed by atoms with E-state index in [-0.39, 0.29) is 5.91 Å². The van der Waals surface area contributed by atoms with Gasteiger partial charge in [0.15, 0.2) is 11.2 Å². The lowest BCUT2D eigenvalue weighted by molar-refractivity contribution is -0.124. The first-order chi connectivity index (χ1) is 12.1. The van der Waals surface area contributed by atoms with Crippen LogP contribution in [0.5, 0.6) is 5.75 Å². The molecule has 25 heavy (non-hydrogen) atoms. The average molecular weight is 356 g/mol. The zero-order valence-corrected chi connectivity index (χ0v) is 15.6. The Morgan fingerprint density at radius 2 is 2.24 bits per heavy atom. The van der Waals surface area contributed by atoms with Crippen LogP contribution in [-0.2, 0) is 17.6 Å². The highest BCUT2D eigenvalue weighted by Crippen LogP contribution is 2.32. The summed E-state index contributed by atoms with van der Waals surface area (Å²) in [5.41, 5.74) is 2.26. The second-order valence-corrected chi connectivity index (χ2v) is 7.45. The molecule has 1 amide bonds. The molecule has 1 unspecified atom stereocenters. The summed E-state index contributed by atoms with van der Waals surface area (Å²) in [6.45, 7) is 8.01. The van der Waals surface area contributed by atoms with Gasteiger partial charge in [-0.05, 0) is 57.2 Å². The van der Waals surface area contributed by atoms with Gasteiger partial charge in [-0.3, -0.25) is 9.69 Å². The molecule has 1 aliphatic rings. The summed E-state index contributed by atoms with van der Waals surface area (Å²) in [6.07, 6.45) is 5.62. The van der Waals surface area contributed by atoms with Gasteiger partial charge in [0.25, 0.3) is 5.91 Å². The smallest absolute Gasteiger partial charge is 0.269 e. The number of nitrogens with zero attached hydrogens (tertiary/aromatic N) is 2. The molecule has 0 saturated carbocycles. The third-order valence-corrected chi connectivity index (χ3v) is 5.47. The zero-order valence-electron chi connectivity index (χ0n) is 14.8. The van der Waals surface area contributed by atoms with Gasteiger partial charge in [0.2, 0.25) is 0 Å². The van der Waals surface area contributed by atoms with Crippen molar-refractivity contribution in [1.29, 1.82) is 0 Å². The molecule has 0 radical (unpaired) electrons. The van der Waals surface area contributed by atoms with Crippen molar-refractivity contribution in [3.8, 4) is 5.75 Å². The Labute approximate surface area is 153 Å². The van der Waals surface area contributed by atoms with Crippen LogP contribution < -0.4 is 9.64 Å². The number of thiazole rings is 1. The standard InChI is InChI=1S/C20H24N2O2S/c1-4-12-22(20-21-17-10-5-6-11-18(17)25-20)19(23)15(3)24-16-9-7-8-14(2)13-16/h4,7-9,13,15H,1,5-6,10-12H2,2-3H3. The van der Waals surface area contributed by atoms with Crippen molar-refractivity contribution in [2.75, 3.05) is 11.4 Å². The Balaban J connectivity index is 1.78. The quantitative estimate of drug-likeness (QED) is 0.724. The summed E-state index contributed by atoms with van der Waals surface area (Å²) in [7, 11) is 0. The molecule has 132 valence electrons. The number of aryl methyl sites for hydroxylation is 3. The molecule has 0 spiro atoms. The van der Waals surface area contributed by atoms with Crippen LogP contribution in [0, 0.1) is 6.92 Å². The maximum absolute atomic E-state index is 13.0. The van der Waals surface area contributed by atoms with Crippen molar-refractivity contribution in [3.05, 3.63) is 53.1 Å². The van der Waals surface area contributed by atoms with Gasteiger partial charge in [0.05, 0.1) is 5.69 Å². The lowest BCUT2D eigenvalue weighted by Crippen LogP contribution is -2.40. The second-order valence-electron chi connectivity index (χ2n) is 6.39. The van der Waals surface area contributed by atoms with Crippen molar-refractivity contribution in [2.45, 2.75) is 45.6 Å². The lowest BCUT2D eigenvalue weighted by atomic mass is 10.0. The molecule has 0 N–H and O–H groups in total. The normalized spacial score (nSPS) is 14.5. The Hall–Kier alpha value is -2.14. The van der Waals surface area contributed by atoms with E-state index in [0.717, 1.165) is 29.2 Å². The number of aromatic nitrogens is 1. The summed E-state index contributed by atoms with van der Waals surface area (Å²) in [6, 6.07) is 7.74. The number of carbonyl (C=O) groups excluding carboxylic acids is 1. The van der Waals surface area contributed by atoms with Crippen LogP contribution in [0.1, 0.15) is 35.9 Å². The minimum atomic E-state index is -0.581. The van der Waals surface area contributed by atoms with E-state index in [1.54, 1.807) is 29.2 Å². The average Bonchev–Trinajstić information content (AvgIpc) is 3.02. The summed E-state index contributed by atoms with van der Waals surface area (Å²) in [4.78, 5) is 20.7. The molecule has 5 heteroatoms. The first-order valence-corrected chi connectivity index (χ1v) is 9.54. The van der Waals surface area contributed by atoms with Gasteiger partial charge in [-0.25, -0.2) is 4.98 Å². The topological polar surface area (TPSA) is 42.4 Å². The molecule has 3 rings (SSSR count). The summed E-state index contributed by atoms with van der Waals surface area (Å²) >= 11 is 1.63. The number of fused-ring (bicyclic) bond motifs is 1. The third kappa shape index (κ3) is 4.10. The van der Waals surface area contributed by atoms with Crippen LogP contribution >= 0.6 is 11.3 Å². The summed E-state index contributed by atoms with van der Waals surface area (Å²) < 4.78 is 5.86. The highest BCUT2D eigenvalue weighted by molar-refractivity contribution is 7.16. The van der Waals surface area contributed by atoms with Gasteiger partial charge in [0, 0.05) is 11.4 Å². The van der Waals surface area contributed by atoms with Crippen molar-refractivity contribution < 1.29 is 9.53 Å². The van der Waals surface area contributed by atoms with E-state index in [1.165, 1.54) is 17.7 Å². The van der Waals surface area contributed by atoms with Crippen LogP contribution in [-0.4, -0.2) is 23.5 Å². The molecule has 1 aliphatic carbocycles. The number of hydrogen-bond donors (Lipinski definition) is 0. The largest absolute Gasteiger partial charge is 0.481 e. The van der Waals surface area contributed by atoms with Gasteiger partial charge in [-0.15, -0.1) is 17.9 Å². The monoisotopic (exact) mass is 356 g/mol. The molecule has 2 aromatic rings. The molecule has 1 atom stereocenters. The van der Waals surface area contributed by atoms with Gasteiger partial charge >= 0.3 is 0 Å². The fraction of sp³-hybridized carbons (Fsp3) is 0.400. The molecule has 0 fully saturated rings. The van der Waals surface area contributed by atoms with Crippen LogP contribution in [0.25, 0.3) is 0 Å². The number of benzene rings is 1. The van der Waals surface area contributed by atoms with E-state index >= 15 is 0 Å². The Bertz CT molecular complexity index is 745. The van der Waals surface area contributed by atoms with Crippen LogP contribution in [0.15, 0.2) is 36.9 Å². The summed E-state index contributed by atoms with van der Waals surface area (Å²) in [5.74, 6) is 0.616. The Morgan fingerprint density at radius 3 is 2.96 bits per heavy atom. The maximum Gasteiger partial charge on any atom is 0.269 e.